The van der Waals surface area contributed by atoms with E-state index in [0.717, 1.165) is 10.8 Å². The quantitative estimate of drug-likeness (QED) is 0.582. The van der Waals surface area contributed by atoms with Crippen molar-refractivity contribution >= 4 is 24.1 Å². The molecule has 0 saturated carbocycles. The lowest BCUT2D eigenvalue weighted by molar-refractivity contribution is 0.150. The van der Waals surface area contributed by atoms with Crippen LogP contribution in [0, 0.1) is 5.41 Å². The van der Waals surface area contributed by atoms with Crippen LogP contribution in [0.3, 0.4) is 0 Å². The van der Waals surface area contributed by atoms with Gasteiger partial charge in [-0.05, 0) is 11.7 Å². The molecule has 0 aliphatic rings. The number of thioether (sulfide) groups is 1. The molecular weight excluding hydrogens is 200 g/mol. The van der Waals surface area contributed by atoms with Gasteiger partial charge in [0.05, 0.1) is 6.54 Å². The molecule has 0 rings (SSSR count). The molecule has 0 fully saturated rings. The van der Waals surface area contributed by atoms with Gasteiger partial charge in [-0.2, -0.15) is 21.9 Å². The normalized spacial score (nSPS) is 12.0. The minimum Gasteiger partial charge on any atom is -0.464 e. The van der Waals surface area contributed by atoms with Gasteiger partial charge in [0.25, 0.3) is 0 Å². The second kappa shape index (κ2) is 5.90. The second-order valence-corrected chi connectivity index (χ2v) is 4.99. The van der Waals surface area contributed by atoms with Crippen LogP contribution < -0.4 is 0 Å². The summed E-state index contributed by atoms with van der Waals surface area (Å²) in [6.45, 7) is 6.37. The van der Waals surface area contributed by atoms with Crippen molar-refractivity contribution in [3.05, 3.63) is 0 Å². The molecule has 0 radical (unpaired) electrons. The molecule has 0 aliphatic carbocycles. The Kier molecular flexibility index (Phi) is 5.60. The van der Waals surface area contributed by atoms with Gasteiger partial charge in [-0.3, -0.25) is 0 Å². The van der Waals surface area contributed by atoms with E-state index in [1.54, 1.807) is 18.0 Å². The van der Waals surface area contributed by atoms with Gasteiger partial charge in [0.15, 0.2) is 0 Å². The van der Waals surface area contributed by atoms with Crippen LogP contribution in [0.1, 0.15) is 20.8 Å². The number of hydrogen-bond acceptors (Lipinski definition) is 3. The SMILES string of the molecule is CSCCN(N=CC(C)(C)C)C(=O)O. The van der Waals surface area contributed by atoms with Crippen molar-refractivity contribution in [1.29, 1.82) is 0 Å². The summed E-state index contributed by atoms with van der Waals surface area (Å²) < 4.78 is 0. The van der Waals surface area contributed by atoms with Crippen molar-refractivity contribution in [3.8, 4) is 0 Å². The van der Waals surface area contributed by atoms with Crippen LogP contribution in [-0.4, -0.2) is 41.0 Å². The van der Waals surface area contributed by atoms with E-state index in [-0.39, 0.29) is 5.41 Å². The summed E-state index contributed by atoms with van der Waals surface area (Å²) in [6.07, 6.45) is 2.59. The molecule has 14 heavy (non-hydrogen) atoms. The number of carboxylic acid groups (broad SMARTS) is 1. The Morgan fingerprint density at radius 3 is 2.50 bits per heavy atom. The molecule has 4 nitrogen and oxygen atoms in total. The molecule has 0 spiro atoms. The Bertz CT molecular complexity index is 211. The highest BCUT2D eigenvalue weighted by molar-refractivity contribution is 7.98. The van der Waals surface area contributed by atoms with Crippen LogP contribution in [-0.2, 0) is 0 Å². The zero-order valence-corrected chi connectivity index (χ0v) is 9.97. The minimum atomic E-state index is -1.00. The molecule has 0 aromatic rings. The van der Waals surface area contributed by atoms with Crippen LogP contribution >= 0.6 is 11.8 Å². The molecule has 82 valence electrons. The van der Waals surface area contributed by atoms with E-state index in [4.69, 9.17) is 5.11 Å². The van der Waals surface area contributed by atoms with E-state index in [1.165, 1.54) is 0 Å². The molecule has 0 aromatic carbocycles. The maximum absolute atomic E-state index is 10.7. The van der Waals surface area contributed by atoms with Crippen molar-refractivity contribution in [2.24, 2.45) is 10.5 Å². The first kappa shape index (κ1) is 13.3. The predicted molar refractivity (Wildman–Crippen MR) is 61.1 cm³/mol. The highest BCUT2D eigenvalue weighted by atomic mass is 32.2. The monoisotopic (exact) mass is 218 g/mol. The predicted octanol–water partition coefficient (Wildman–Crippen LogP) is 2.36. The first-order chi connectivity index (χ1) is 6.37. The number of rotatable bonds is 4. The van der Waals surface area contributed by atoms with Crippen molar-refractivity contribution < 1.29 is 9.90 Å². The summed E-state index contributed by atoms with van der Waals surface area (Å²) in [5, 5.41) is 13.8. The number of carbonyl (C=O) groups is 1. The van der Waals surface area contributed by atoms with Crippen LogP contribution in [0.5, 0.6) is 0 Å². The maximum Gasteiger partial charge on any atom is 0.427 e. The number of hydrazone groups is 1. The maximum atomic E-state index is 10.7. The summed E-state index contributed by atoms with van der Waals surface area (Å²) in [5.41, 5.74) is -0.0902. The summed E-state index contributed by atoms with van der Waals surface area (Å²) in [6, 6.07) is 0. The molecular formula is C9H18N2O2S. The van der Waals surface area contributed by atoms with Crippen molar-refractivity contribution in [3.63, 3.8) is 0 Å². The highest BCUT2D eigenvalue weighted by Gasteiger charge is 2.11. The van der Waals surface area contributed by atoms with E-state index < -0.39 is 6.09 Å². The standard InChI is InChI=1S/C9H18N2O2S/c1-9(2,3)7-10-11(8(12)13)5-6-14-4/h7H,5-6H2,1-4H3,(H,12,13). The fourth-order valence-electron chi connectivity index (χ4n) is 0.623. The molecule has 0 aromatic heterocycles. The first-order valence-corrected chi connectivity index (χ1v) is 5.81. The van der Waals surface area contributed by atoms with Gasteiger partial charge in [-0.1, -0.05) is 20.8 Å². The molecule has 0 aliphatic heterocycles. The van der Waals surface area contributed by atoms with Gasteiger partial charge in [0.1, 0.15) is 0 Å². The van der Waals surface area contributed by atoms with Crippen molar-refractivity contribution in [1.82, 2.24) is 5.01 Å². The number of nitrogens with zero attached hydrogens (tertiary/aromatic N) is 2. The zero-order valence-electron chi connectivity index (χ0n) is 9.15. The lowest BCUT2D eigenvalue weighted by Gasteiger charge is -2.15. The minimum absolute atomic E-state index is 0.0902. The fraction of sp³-hybridized carbons (Fsp3) is 0.778. The van der Waals surface area contributed by atoms with Gasteiger partial charge in [-0.25, -0.2) is 4.79 Å². The largest absolute Gasteiger partial charge is 0.464 e. The summed E-state index contributed by atoms with van der Waals surface area (Å²) in [7, 11) is 0. The highest BCUT2D eigenvalue weighted by Crippen LogP contribution is 2.09. The molecule has 1 N–H and O–H groups in total. The van der Waals surface area contributed by atoms with Crippen LogP contribution in [0.2, 0.25) is 0 Å². The van der Waals surface area contributed by atoms with E-state index in [2.05, 4.69) is 5.10 Å². The number of hydrogen-bond donors (Lipinski definition) is 1. The first-order valence-electron chi connectivity index (χ1n) is 4.41. The molecule has 0 atom stereocenters. The van der Waals surface area contributed by atoms with Crippen LogP contribution in [0.4, 0.5) is 4.79 Å². The van der Waals surface area contributed by atoms with E-state index >= 15 is 0 Å². The molecule has 0 bridgehead atoms. The molecule has 0 saturated heterocycles. The van der Waals surface area contributed by atoms with Crippen LogP contribution in [0.15, 0.2) is 5.10 Å². The van der Waals surface area contributed by atoms with Gasteiger partial charge in [-0.15, -0.1) is 0 Å². The van der Waals surface area contributed by atoms with E-state index in [9.17, 15) is 4.79 Å². The lowest BCUT2D eigenvalue weighted by Crippen LogP contribution is -2.27. The summed E-state index contributed by atoms with van der Waals surface area (Å²) in [5.74, 6) is 0.758. The van der Waals surface area contributed by atoms with E-state index in [1.807, 2.05) is 27.0 Å². The Labute approximate surface area is 89.4 Å². The van der Waals surface area contributed by atoms with Gasteiger partial charge >= 0.3 is 6.09 Å². The van der Waals surface area contributed by atoms with Gasteiger partial charge < -0.3 is 5.11 Å². The lowest BCUT2D eigenvalue weighted by atomic mass is 9.99. The third-order valence-corrected chi connectivity index (χ3v) is 1.90. The van der Waals surface area contributed by atoms with E-state index in [0.29, 0.717) is 6.54 Å². The Balaban J connectivity index is 4.23. The van der Waals surface area contributed by atoms with Gasteiger partial charge in [0.2, 0.25) is 0 Å². The van der Waals surface area contributed by atoms with Crippen molar-refractivity contribution in [2.75, 3.05) is 18.6 Å². The summed E-state index contributed by atoms with van der Waals surface area (Å²) >= 11 is 1.60. The second-order valence-electron chi connectivity index (χ2n) is 4.01. The van der Waals surface area contributed by atoms with Crippen LogP contribution in [0.25, 0.3) is 0 Å². The molecule has 0 unspecified atom stereocenters. The average molecular weight is 218 g/mol. The Morgan fingerprint density at radius 1 is 1.57 bits per heavy atom. The zero-order chi connectivity index (χ0) is 11.2. The fourth-order valence-corrected chi connectivity index (χ4v) is 0.979. The third kappa shape index (κ3) is 6.77. The topological polar surface area (TPSA) is 52.9 Å². The average Bonchev–Trinajstić information content (AvgIpc) is 2.01. The summed E-state index contributed by atoms with van der Waals surface area (Å²) in [4.78, 5) is 10.7. The van der Waals surface area contributed by atoms with Crippen molar-refractivity contribution in [2.45, 2.75) is 20.8 Å². The molecule has 5 heteroatoms. The number of amides is 1. The Morgan fingerprint density at radius 2 is 2.14 bits per heavy atom. The third-order valence-electron chi connectivity index (χ3n) is 1.31. The smallest absolute Gasteiger partial charge is 0.427 e. The molecule has 1 amide bonds. The van der Waals surface area contributed by atoms with Gasteiger partial charge in [0, 0.05) is 12.0 Å². The molecule has 0 heterocycles. The Hall–Kier alpha value is -0.710.